The first-order chi connectivity index (χ1) is 12.7. The summed E-state index contributed by atoms with van der Waals surface area (Å²) in [5, 5.41) is 0. The normalized spacial score (nSPS) is 14.5. The number of hydrogen-bond donors (Lipinski definition) is 0. The summed E-state index contributed by atoms with van der Waals surface area (Å²) >= 11 is 0. The molecule has 0 spiro atoms. The number of pyridine rings is 1. The van der Waals surface area contributed by atoms with Gasteiger partial charge < -0.3 is 14.4 Å². The lowest BCUT2D eigenvalue weighted by Gasteiger charge is -2.26. The van der Waals surface area contributed by atoms with Gasteiger partial charge in [0, 0.05) is 32.4 Å². The van der Waals surface area contributed by atoms with Crippen LogP contribution in [0.1, 0.15) is 11.3 Å². The van der Waals surface area contributed by atoms with E-state index in [1.54, 1.807) is 4.90 Å². The molecular formula is C20H25N3O3. The number of ether oxygens (including phenoxy) is 2. The molecular weight excluding hydrogens is 330 g/mol. The van der Waals surface area contributed by atoms with Crippen LogP contribution in [0.25, 0.3) is 0 Å². The fourth-order valence-corrected chi connectivity index (χ4v) is 2.88. The third-order valence-electron chi connectivity index (χ3n) is 4.26. The average molecular weight is 355 g/mol. The molecule has 0 saturated carbocycles. The number of benzene rings is 1. The fourth-order valence-electron chi connectivity index (χ4n) is 2.88. The molecule has 1 aromatic carbocycles. The van der Waals surface area contributed by atoms with Gasteiger partial charge in [0.1, 0.15) is 5.75 Å². The number of hydrogen-bond acceptors (Lipinski definition) is 5. The fraction of sp³-hybridized carbons (Fsp3) is 0.400. The van der Waals surface area contributed by atoms with Crippen LogP contribution >= 0.6 is 0 Å². The second kappa shape index (κ2) is 9.31. The van der Waals surface area contributed by atoms with Crippen molar-refractivity contribution >= 4 is 5.91 Å². The molecule has 6 nitrogen and oxygen atoms in total. The van der Waals surface area contributed by atoms with Crippen molar-refractivity contribution < 1.29 is 14.3 Å². The zero-order valence-electron chi connectivity index (χ0n) is 15.1. The Labute approximate surface area is 154 Å². The monoisotopic (exact) mass is 355 g/mol. The summed E-state index contributed by atoms with van der Waals surface area (Å²) in [5.41, 5.74) is 2.24. The van der Waals surface area contributed by atoms with Crippen LogP contribution in [0.5, 0.6) is 5.75 Å². The first kappa shape index (κ1) is 18.4. The highest BCUT2D eigenvalue weighted by atomic mass is 16.5. The quantitative estimate of drug-likeness (QED) is 0.760. The summed E-state index contributed by atoms with van der Waals surface area (Å²) in [5.74, 6) is 0.718. The Morgan fingerprint density at radius 2 is 1.92 bits per heavy atom. The molecule has 2 aromatic rings. The highest BCUT2D eigenvalue weighted by molar-refractivity contribution is 5.77. The minimum absolute atomic E-state index is 0.00692. The van der Waals surface area contributed by atoms with E-state index in [-0.39, 0.29) is 12.5 Å². The highest BCUT2D eigenvalue weighted by Crippen LogP contribution is 2.14. The van der Waals surface area contributed by atoms with E-state index in [0.29, 0.717) is 32.1 Å². The molecule has 26 heavy (non-hydrogen) atoms. The summed E-state index contributed by atoms with van der Waals surface area (Å²) in [6.45, 7) is 4.18. The first-order valence-corrected chi connectivity index (χ1v) is 8.86. The predicted octanol–water partition coefficient (Wildman–Crippen LogP) is 1.95. The van der Waals surface area contributed by atoms with Gasteiger partial charge >= 0.3 is 0 Å². The Balaban J connectivity index is 1.44. The molecule has 0 aliphatic carbocycles. The largest absolute Gasteiger partial charge is 0.484 e. The van der Waals surface area contributed by atoms with E-state index in [1.165, 1.54) is 5.56 Å². The van der Waals surface area contributed by atoms with Crippen molar-refractivity contribution in [1.82, 2.24) is 14.8 Å². The minimum Gasteiger partial charge on any atom is -0.484 e. The molecule has 1 aliphatic heterocycles. The van der Waals surface area contributed by atoms with Crippen LogP contribution in [0, 0.1) is 0 Å². The zero-order chi connectivity index (χ0) is 18.2. The van der Waals surface area contributed by atoms with Gasteiger partial charge in [-0.2, -0.15) is 0 Å². The van der Waals surface area contributed by atoms with Gasteiger partial charge in [0.2, 0.25) is 0 Å². The average Bonchev–Trinajstić information content (AvgIpc) is 2.68. The van der Waals surface area contributed by atoms with Crippen molar-refractivity contribution in [3.05, 3.63) is 59.9 Å². The number of amides is 1. The van der Waals surface area contributed by atoms with E-state index in [4.69, 9.17) is 9.47 Å². The lowest BCUT2D eigenvalue weighted by atomic mass is 10.2. The van der Waals surface area contributed by atoms with Gasteiger partial charge in [0.25, 0.3) is 5.91 Å². The van der Waals surface area contributed by atoms with Crippen LogP contribution in [0.2, 0.25) is 0 Å². The molecule has 1 saturated heterocycles. The number of carbonyl (C=O) groups excluding carboxylic acids is 1. The number of nitrogens with zero attached hydrogens (tertiary/aromatic N) is 3. The molecule has 1 fully saturated rings. The molecule has 0 bridgehead atoms. The van der Waals surface area contributed by atoms with Gasteiger partial charge in [-0.15, -0.1) is 0 Å². The van der Waals surface area contributed by atoms with Gasteiger partial charge in [0.15, 0.2) is 6.61 Å². The van der Waals surface area contributed by atoms with Crippen molar-refractivity contribution in [1.29, 1.82) is 0 Å². The smallest absolute Gasteiger partial charge is 0.260 e. The van der Waals surface area contributed by atoms with Gasteiger partial charge in [0.05, 0.1) is 18.9 Å². The highest BCUT2D eigenvalue weighted by Gasteiger charge is 2.17. The number of aromatic nitrogens is 1. The molecule has 1 aliphatic rings. The molecule has 6 heteroatoms. The van der Waals surface area contributed by atoms with Gasteiger partial charge in [-0.05, 0) is 36.9 Å². The Hall–Kier alpha value is -2.44. The third-order valence-corrected chi connectivity index (χ3v) is 4.26. The molecule has 2 heterocycles. The Bertz CT molecular complexity index is 685. The molecule has 0 atom stereocenters. The van der Waals surface area contributed by atoms with E-state index in [2.05, 4.69) is 16.9 Å². The van der Waals surface area contributed by atoms with Gasteiger partial charge in [-0.25, -0.2) is 0 Å². The van der Waals surface area contributed by atoms with E-state index >= 15 is 0 Å². The summed E-state index contributed by atoms with van der Waals surface area (Å²) in [4.78, 5) is 20.4. The number of morpholine rings is 1. The lowest BCUT2D eigenvalue weighted by molar-refractivity contribution is -0.137. The van der Waals surface area contributed by atoms with Crippen LogP contribution in [0.15, 0.2) is 48.7 Å². The van der Waals surface area contributed by atoms with Crippen LogP contribution in [0.3, 0.4) is 0 Å². The van der Waals surface area contributed by atoms with Crippen LogP contribution in [0.4, 0.5) is 0 Å². The van der Waals surface area contributed by atoms with Gasteiger partial charge in [-0.1, -0.05) is 18.2 Å². The van der Waals surface area contributed by atoms with Crippen LogP contribution < -0.4 is 4.74 Å². The molecule has 3 rings (SSSR count). The topological polar surface area (TPSA) is 54.9 Å². The molecule has 0 N–H and O–H groups in total. The lowest BCUT2D eigenvalue weighted by Crippen LogP contribution is -2.42. The second-order valence-electron chi connectivity index (χ2n) is 6.42. The van der Waals surface area contributed by atoms with E-state index in [0.717, 1.165) is 18.8 Å². The van der Waals surface area contributed by atoms with Crippen molar-refractivity contribution in [3.8, 4) is 5.75 Å². The molecule has 1 amide bonds. The Morgan fingerprint density at radius 1 is 1.15 bits per heavy atom. The van der Waals surface area contributed by atoms with Crippen molar-refractivity contribution in [3.63, 3.8) is 0 Å². The van der Waals surface area contributed by atoms with E-state index in [1.807, 2.05) is 48.7 Å². The van der Waals surface area contributed by atoms with Crippen LogP contribution in [-0.4, -0.2) is 60.6 Å². The minimum atomic E-state index is 0.00692. The van der Waals surface area contributed by atoms with Crippen molar-refractivity contribution in [2.45, 2.75) is 13.1 Å². The summed E-state index contributed by atoms with van der Waals surface area (Å²) in [6, 6.07) is 13.8. The Kier molecular flexibility index (Phi) is 6.57. The maximum Gasteiger partial charge on any atom is 0.260 e. The molecule has 0 radical (unpaired) electrons. The van der Waals surface area contributed by atoms with Crippen LogP contribution in [-0.2, 0) is 22.6 Å². The van der Waals surface area contributed by atoms with Gasteiger partial charge in [-0.3, -0.25) is 14.7 Å². The van der Waals surface area contributed by atoms with E-state index < -0.39 is 0 Å². The van der Waals surface area contributed by atoms with Crippen molar-refractivity contribution in [2.24, 2.45) is 0 Å². The summed E-state index contributed by atoms with van der Waals surface area (Å²) < 4.78 is 10.9. The maximum absolute atomic E-state index is 12.1. The molecule has 138 valence electrons. The van der Waals surface area contributed by atoms with Crippen molar-refractivity contribution in [2.75, 3.05) is 40.0 Å². The Morgan fingerprint density at radius 3 is 2.62 bits per heavy atom. The standard InChI is InChI=1S/C20H25N3O3/c1-22(15-18-4-2-3-9-21-18)14-17-5-7-19(8-6-17)26-16-20(24)23-10-12-25-13-11-23/h2-9H,10-16H2,1H3. The summed E-state index contributed by atoms with van der Waals surface area (Å²) in [6.07, 6.45) is 1.81. The number of carbonyl (C=O) groups is 1. The zero-order valence-corrected chi connectivity index (χ0v) is 15.1. The second-order valence-corrected chi connectivity index (χ2v) is 6.42. The third kappa shape index (κ3) is 5.54. The molecule has 1 aromatic heterocycles. The molecule has 0 unspecified atom stereocenters. The summed E-state index contributed by atoms with van der Waals surface area (Å²) in [7, 11) is 2.07. The first-order valence-electron chi connectivity index (χ1n) is 8.86. The SMILES string of the molecule is CN(Cc1ccc(OCC(=O)N2CCOCC2)cc1)Cc1ccccn1. The maximum atomic E-state index is 12.1. The van der Waals surface area contributed by atoms with E-state index in [9.17, 15) is 4.79 Å². The predicted molar refractivity (Wildman–Crippen MR) is 98.7 cm³/mol. The number of rotatable bonds is 7.